The number of hydrogen-bond donors (Lipinski definition) is 1. The minimum absolute atomic E-state index is 0.123. The van der Waals surface area contributed by atoms with Crippen LogP contribution in [0.2, 0.25) is 0 Å². The molecule has 8 nitrogen and oxygen atoms in total. The molecule has 4 rings (SSSR count). The van der Waals surface area contributed by atoms with Crippen molar-refractivity contribution >= 4 is 39.4 Å². The van der Waals surface area contributed by atoms with Crippen LogP contribution in [0.25, 0.3) is 5.69 Å². The number of halogens is 1. The zero-order valence-corrected chi connectivity index (χ0v) is 17.8. The third-order valence-electron chi connectivity index (χ3n) is 4.62. The molecule has 1 N–H and O–H groups in total. The lowest BCUT2D eigenvalue weighted by atomic mass is 10.3. The van der Waals surface area contributed by atoms with Crippen LogP contribution >= 0.6 is 27.7 Å². The average molecular weight is 462 g/mol. The van der Waals surface area contributed by atoms with Gasteiger partial charge in [0.1, 0.15) is 5.82 Å². The number of nitrogens with zero attached hydrogens (tertiary/aromatic N) is 6. The monoisotopic (exact) mass is 461 g/mol. The van der Waals surface area contributed by atoms with Crippen LogP contribution in [0.15, 0.2) is 40.0 Å². The summed E-state index contributed by atoms with van der Waals surface area (Å²) in [7, 11) is 0. The molecule has 146 valence electrons. The van der Waals surface area contributed by atoms with E-state index in [0.29, 0.717) is 17.0 Å². The molecule has 10 heteroatoms. The number of thioether (sulfide) groups is 1. The van der Waals surface area contributed by atoms with Crippen molar-refractivity contribution in [1.82, 2.24) is 30.0 Å². The highest BCUT2D eigenvalue weighted by atomic mass is 79.9. The minimum atomic E-state index is -0.123. The molecule has 0 aliphatic heterocycles. The van der Waals surface area contributed by atoms with Crippen LogP contribution in [0.3, 0.4) is 0 Å². The highest BCUT2D eigenvalue weighted by Gasteiger charge is 2.22. The fourth-order valence-electron chi connectivity index (χ4n) is 3.36. The smallest absolute Gasteiger partial charge is 0.236 e. The Morgan fingerprint density at radius 1 is 1.32 bits per heavy atom. The topological polar surface area (TPSA) is 90.5 Å². The summed E-state index contributed by atoms with van der Waals surface area (Å²) < 4.78 is 4.54. The fraction of sp³-hybridized carbons (Fsp3) is 0.389. The van der Waals surface area contributed by atoms with Crippen LogP contribution in [0.1, 0.15) is 37.4 Å². The summed E-state index contributed by atoms with van der Waals surface area (Å²) in [6, 6.07) is 9.97. The number of hydrogen-bond acceptors (Lipinski definition) is 6. The number of amides is 1. The summed E-state index contributed by atoms with van der Waals surface area (Å²) in [6.45, 7) is 1.90. The van der Waals surface area contributed by atoms with Gasteiger partial charge in [0.25, 0.3) is 0 Å². The summed E-state index contributed by atoms with van der Waals surface area (Å²) in [5, 5.41) is 20.1. The second kappa shape index (κ2) is 8.44. The van der Waals surface area contributed by atoms with Gasteiger partial charge in [0.15, 0.2) is 0 Å². The SMILES string of the molecule is Cc1cc(NC(=O)CSc2nnnn2C2CCCC2)n(-c2cccc(Br)c2)n1. The first-order chi connectivity index (χ1) is 13.6. The van der Waals surface area contributed by atoms with Gasteiger partial charge < -0.3 is 5.32 Å². The summed E-state index contributed by atoms with van der Waals surface area (Å²) in [5.74, 6) is 0.745. The van der Waals surface area contributed by atoms with E-state index < -0.39 is 0 Å². The van der Waals surface area contributed by atoms with Crippen LogP contribution in [-0.2, 0) is 4.79 Å². The third-order valence-corrected chi connectivity index (χ3v) is 6.04. The largest absolute Gasteiger partial charge is 0.310 e. The first-order valence-electron chi connectivity index (χ1n) is 9.13. The molecule has 3 aromatic rings. The van der Waals surface area contributed by atoms with Crippen LogP contribution < -0.4 is 5.32 Å². The lowest BCUT2D eigenvalue weighted by Crippen LogP contribution is -2.17. The van der Waals surface area contributed by atoms with Gasteiger partial charge in [-0.25, -0.2) is 9.36 Å². The molecule has 1 aromatic carbocycles. The molecule has 2 heterocycles. The number of aromatic nitrogens is 6. The molecular weight excluding hydrogens is 442 g/mol. The number of nitrogens with one attached hydrogen (secondary N) is 1. The normalized spacial score (nSPS) is 14.5. The number of aryl methyl sites for hydroxylation is 1. The van der Waals surface area contributed by atoms with Gasteiger partial charge in [-0.15, -0.1) is 5.10 Å². The zero-order valence-electron chi connectivity index (χ0n) is 15.4. The van der Waals surface area contributed by atoms with E-state index in [1.807, 2.05) is 41.9 Å². The highest BCUT2D eigenvalue weighted by molar-refractivity contribution is 9.10. The van der Waals surface area contributed by atoms with E-state index >= 15 is 0 Å². The van der Waals surface area contributed by atoms with Crippen LogP contribution in [-0.4, -0.2) is 41.6 Å². The minimum Gasteiger partial charge on any atom is -0.310 e. The Kier molecular flexibility index (Phi) is 5.77. The maximum atomic E-state index is 12.5. The van der Waals surface area contributed by atoms with Crippen molar-refractivity contribution < 1.29 is 4.79 Å². The van der Waals surface area contributed by atoms with Gasteiger partial charge in [-0.2, -0.15) is 5.10 Å². The lowest BCUT2D eigenvalue weighted by Gasteiger charge is -2.11. The Morgan fingerprint density at radius 3 is 2.93 bits per heavy atom. The Morgan fingerprint density at radius 2 is 2.14 bits per heavy atom. The van der Waals surface area contributed by atoms with E-state index in [0.717, 1.165) is 28.7 Å². The first-order valence-corrected chi connectivity index (χ1v) is 10.9. The lowest BCUT2D eigenvalue weighted by molar-refractivity contribution is -0.113. The van der Waals surface area contributed by atoms with Gasteiger partial charge in [0, 0.05) is 10.5 Å². The van der Waals surface area contributed by atoms with Crippen LogP contribution in [0.5, 0.6) is 0 Å². The Labute approximate surface area is 175 Å². The van der Waals surface area contributed by atoms with E-state index in [4.69, 9.17) is 0 Å². The standard InChI is InChI=1S/C18H20BrN7OS/c1-12-9-16(25(22-12)15-8-4-5-13(19)10-15)20-17(27)11-28-18-21-23-24-26(18)14-6-2-3-7-14/h4-5,8-10,14H,2-3,6-7,11H2,1H3,(H,20,27). The van der Waals surface area contributed by atoms with E-state index in [1.54, 1.807) is 4.68 Å². The predicted molar refractivity (Wildman–Crippen MR) is 111 cm³/mol. The van der Waals surface area contributed by atoms with Gasteiger partial charge in [-0.05, 0) is 48.4 Å². The number of rotatable bonds is 6. The summed E-state index contributed by atoms with van der Waals surface area (Å²) >= 11 is 4.83. The number of carbonyl (C=O) groups is 1. The predicted octanol–water partition coefficient (Wildman–Crippen LogP) is 3.78. The van der Waals surface area contributed by atoms with E-state index in [9.17, 15) is 4.79 Å². The Bertz CT molecular complexity index is 980. The first kappa shape index (κ1) is 19.1. The van der Waals surface area contributed by atoms with Crippen molar-refractivity contribution in [1.29, 1.82) is 0 Å². The number of benzene rings is 1. The molecule has 28 heavy (non-hydrogen) atoms. The molecule has 0 radical (unpaired) electrons. The van der Waals surface area contributed by atoms with Crippen molar-refractivity contribution in [2.24, 2.45) is 0 Å². The molecular formula is C18H20BrN7OS. The van der Waals surface area contributed by atoms with Crippen molar-refractivity contribution in [2.45, 2.75) is 43.8 Å². The van der Waals surface area contributed by atoms with Gasteiger partial charge >= 0.3 is 0 Å². The Balaban J connectivity index is 1.43. The molecule has 0 atom stereocenters. The second-order valence-electron chi connectivity index (χ2n) is 6.74. The van der Waals surface area contributed by atoms with Crippen LogP contribution in [0, 0.1) is 6.92 Å². The molecule has 0 saturated heterocycles. The number of tetrazole rings is 1. The van der Waals surface area contributed by atoms with Crippen molar-refractivity contribution in [3.8, 4) is 5.69 Å². The molecule has 1 fully saturated rings. The number of carbonyl (C=O) groups excluding carboxylic acids is 1. The molecule has 2 aromatic heterocycles. The average Bonchev–Trinajstić information content (AvgIpc) is 3.40. The van der Waals surface area contributed by atoms with Gasteiger partial charge in [0.2, 0.25) is 11.1 Å². The molecule has 1 amide bonds. The highest BCUT2D eigenvalue weighted by Crippen LogP contribution is 2.31. The summed E-state index contributed by atoms with van der Waals surface area (Å²) in [4.78, 5) is 12.5. The number of anilines is 1. The zero-order chi connectivity index (χ0) is 19.5. The maximum absolute atomic E-state index is 12.5. The van der Waals surface area contributed by atoms with Crippen molar-refractivity contribution in [2.75, 3.05) is 11.1 Å². The summed E-state index contributed by atoms with van der Waals surface area (Å²) in [6.07, 6.45) is 4.59. The second-order valence-corrected chi connectivity index (χ2v) is 8.60. The summed E-state index contributed by atoms with van der Waals surface area (Å²) in [5.41, 5.74) is 1.70. The van der Waals surface area contributed by atoms with E-state index in [2.05, 4.69) is 41.9 Å². The molecule has 1 saturated carbocycles. The van der Waals surface area contributed by atoms with E-state index in [1.165, 1.54) is 24.6 Å². The van der Waals surface area contributed by atoms with Gasteiger partial charge in [-0.3, -0.25) is 4.79 Å². The Hall–Kier alpha value is -2.20. The molecule has 0 bridgehead atoms. The van der Waals surface area contributed by atoms with E-state index in [-0.39, 0.29) is 11.7 Å². The van der Waals surface area contributed by atoms with Crippen LogP contribution in [0.4, 0.5) is 5.82 Å². The maximum Gasteiger partial charge on any atom is 0.236 e. The third kappa shape index (κ3) is 4.27. The van der Waals surface area contributed by atoms with Crippen molar-refractivity contribution in [3.05, 3.63) is 40.5 Å². The molecule has 1 aliphatic carbocycles. The fourth-order valence-corrected chi connectivity index (χ4v) is 4.49. The molecule has 0 unspecified atom stereocenters. The van der Waals surface area contributed by atoms with Gasteiger partial charge in [-0.1, -0.05) is 46.6 Å². The van der Waals surface area contributed by atoms with Gasteiger partial charge in [0.05, 0.1) is 23.2 Å². The van der Waals surface area contributed by atoms with Crippen molar-refractivity contribution in [3.63, 3.8) is 0 Å². The molecule has 0 spiro atoms. The quantitative estimate of drug-likeness (QED) is 0.561. The molecule has 1 aliphatic rings.